The van der Waals surface area contributed by atoms with Crippen LogP contribution in [-0.4, -0.2) is 18.5 Å². The second kappa shape index (κ2) is 13.2. The van der Waals surface area contributed by atoms with Crippen molar-refractivity contribution in [2.24, 2.45) is 0 Å². The number of rotatable bonds is 13. The van der Waals surface area contributed by atoms with Crippen LogP contribution in [0, 0.1) is 29.1 Å². The number of hydrogen-bond acceptors (Lipinski definition) is 4. The quantitative estimate of drug-likeness (QED) is 0.124. The van der Waals surface area contributed by atoms with Gasteiger partial charge in [-0.2, -0.15) is 0 Å². The van der Waals surface area contributed by atoms with Crippen LogP contribution >= 0.6 is 0 Å². The molecule has 0 aliphatic heterocycles. The number of ether oxygens (including phenoxy) is 2. The van der Waals surface area contributed by atoms with Crippen molar-refractivity contribution in [3.8, 4) is 0 Å². The van der Waals surface area contributed by atoms with Crippen LogP contribution in [0.3, 0.4) is 0 Å². The smallest absolute Gasteiger partial charge is 0.306 e. The van der Waals surface area contributed by atoms with Gasteiger partial charge < -0.3 is 9.47 Å². The Bertz CT molecular complexity index is 695. The van der Waals surface area contributed by atoms with Crippen LogP contribution in [0.5, 0.6) is 0 Å². The lowest BCUT2D eigenvalue weighted by atomic mass is 10.1. The van der Waals surface area contributed by atoms with Gasteiger partial charge in [-0.15, -0.1) is 0 Å². The van der Waals surface area contributed by atoms with E-state index in [1.54, 1.807) is 0 Å². The summed E-state index contributed by atoms with van der Waals surface area (Å²) in [6, 6.07) is 0. The zero-order chi connectivity index (χ0) is 22.7. The van der Waals surface area contributed by atoms with Crippen LogP contribution < -0.4 is 0 Å². The Morgan fingerprint density at radius 3 is 1.67 bits per heavy atom. The maximum Gasteiger partial charge on any atom is 0.306 e. The highest BCUT2D eigenvalue weighted by molar-refractivity contribution is 5.69. The first-order valence-electron chi connectivity index (χ1n) is 10.1. The lowest BCUT2D eigenvalue weighted by Crippen LogP contribution is -2.15. The largest absolute Gasteiger partial charge is 0.466 e. The minimum Gasteiger partial charge on any atom is -0.466 e. The molecule has 0 heterocycles. The number of benzene rings is 1. The molecule has 0 N–H and O–H groups in total. The summed E-state index contributed by atoms with van der Waals surface area (Å²) in [6.45, 7) is 3.39. The van der Waals surface area contributed by atoms with Crippen LogP contribution in [0.25, 0.3) is 0 Å². The normalized spacial score (nSPS) is 12.0. The van der Waals surface area contributed by atoms with E-state index in [2.05, 4.69) is 0 Å². The average molecular weight is 438 g/mol. The van der Waals surface area contributed by atoms with Gasteiger partial charge in [0.2, 0.25) is 5.82 Å². The summed E-state index contributed by atoms with van der Waals surface area (Å²) in [6.07, 6.45) is 3.94. The van der Waals surface area contributed by atoms with Crippen LogP contribution in [0.1, 0.15) is 83.3 Å². The first kappa shape index (κ1) is 25.8. The molecule has 0 saturated heterocycles. The molecule has 0 amide bonds. The van der Waals surface area contributed by atoms with Crippen molar-refractivity contribution in [3.63, 3.8) is 0 Å². The molecule has 0 fully saturated rings. The summed E-state index contributed by atoms with van der Waals surface area (Å²) >= 11 is 0. The minimum atomic E-state index is -2.26. The number of esters is 2. The molecule has 1 rings (SSSR count). The fourth-order valence-corrected chi connectivity index (χ4v) is 2.83. The highest BCUT2D eigenvalue weighted by Crippen LogP contribution is 2.29. The number of halogens is 5. The van der Waals surface area contributed by atoms with Gasteiger partial charge in [0, 0.05) is 12.8 Å². The fourth-order valence-electron chi connectivity index (χ4n) is 2.83. The molecule has 0 aliphatic carbocycles. The maximum absolute atomic E-state index is 13.7. The van der Waals surface area contributed by atoms with E-state index >= 15 is 0 Å². The second-order valence-corrected chi connectivity index (χ2v) is 6.96. The van der Waals surface area contributed by atoms with Crippen LogP contribution in [0.15, 0.2) is 0 Å². The molecule has 1 aromatic carbocycles. The van der Waals surface area contributed by atoms with E-state index in [0.717, 1.165) is 39.0 Å². The Morgan fingerprint density at radius 2 is 1.17 bits per heavy atom. The van der Waals surface area contributed by atoms with E-state index in [1.165, 1.54) is 0 Å². The third-order valence-electron chi connectivity index (χ3n) is 4.44. The SMILES string of the molecule is CCCOC(=O)CCCCCCCCC(=O)OC(C)c1c(F)c(F)c(F)c(F)c1F. The monoisotopic (exact) mass is 438 g/mol. The summed E-state index contributed by atoms with van der Waals surface area (Å²) in [7, 11) is 0. The van der Waals surface area contributed by atoms with Gasteiger partial charge in [0.05, 0.1) is 12.2 Å². The zero-order valence-corrected chi connectivity index (χ0v) is 17.2. The lowest BCUT2D eigenvalue weighted by molar-refractivity contribution is -0.149. The summed E-state index contributed by atoms with van der Waals surface area (Å²) in [4.78, 5) is 23.1. The maximum atomic E-state index is 13.7. The van der Waals surface area contributed by atoms with Gasteiger partial charge in [-0.25, -0.2) is 22.0 Å². The van der Waals surface area contributed by atoms with Crippen molar-refractivity contribution in [2.45, 2.75) is 77.7 Å². The fraction of sp³-hybridized carbons (Fsp3) is 0.619. The molecular formula is C21H27F5O4. The van der Waals surface area contributed by atoms with Gasteiger partial charge in [0.1, 0.15) is 6.10 Å². The molecule has 1 unspecified atom stereocenters. The van der Waals surface area contributed by atoms with Gasteiger partial charge in [-0.1, -0.05) is 32.6 Å². The first-order chi connectivity index (χ1) is 14.2. The van der Waals surface area contributed by atoms with E-state index in [4.69, 9.17) is 9.47 Å². The first-order valence-corrected chi connectivity index (χ1v) is 10.1. The summed E-state index contributed by atoms with van der Waals surface area (Å²) in [5.41, 5.74) is -1.17. The highest BCUT2D eigenvalue weighted by atomic mass is 19.2. The Kier molecular flexibility index (Phi) is 11.4. The molecule has 1 atom stereocenters. The number of carbonyl (C=O) groups excluding carboxylic acids is 2. The predicted molar refractivity (Wildman–Crippen MR) is 98.9 cm³/mol. The number of hydrogen-bond donors (Lipinski definition) is 0. The Hall–Kier alpha value is -2.19. The van der Waals surface area contributed by atoms with Gasteiger partial charge >= 0.3 is 11.9 Å². The molecular weight excluding hydrogens is 411 g/mol. The second-order valence-electron chi connectivity index (χ2n) is 6.96. The van der Waals surface area contributed by atoms with E-state index in [1.807, 2.05) is 6.92 Å². The van der Waals surface area contributed by atoms with Gasteiger partial charge in [-0.05, 0) is 26.2 Å². The van der Waals surface area contributed by atoms with Crippen LogP contribution in [0.4, 0.5) is 22.0 Å². The van der Waals surface area contributed by atoms with Crippen molar-refractivity contribution in [1.82, 2.24) is 0 Å². The molecule has 170 valence electrons. The molecule has 0 aliphatic rings. The van der Waals surface area contributed by atoms with E-state index in [-0.39, 0.29) is 12.4 Å². The van der Waals surface area contributed by atoms with Crippen molar-refractivity contribution >= 4 is 11.9 Å². The Labute approximate surface area is 172 Å². The molecule has 0 radical (unpaired) electrons. The Balaban J connectivity index is 2.29. The summed E-state index contributed by atoms with van der Waals surface area (Å²) in [5, 5.41) is 0. The molecule has 0 spiro atoms. The standard InChI is InChI=1S/C21H27F5O4/c1-3-12-29-14(27)10-8-6-4-5-7-9-11-15(28)30-13(2)16-17(22)19(24)21(26)20(25)18(16)23/h13H,3-12H2,1-2H3. The molecule has 30 heavy (non-hydrogen) atoms. The molecule has 0 saturated carbocycles. The van der Waals surface area contributed by atoms with Crippen molar-refractivity contribution in [3.05, 3.63) is 34.6 Å². The van der Waals surface area contributed by atoms with Crippen molar-refractivity contribution in [2.75, 3.05) is 6.61 Å². The Morgan fingerprint density at radius 1 is 0.733 bits per heavy atom. The van der Waals surface area contributed by atoms with Crippen molar-refractivity contribution < 1.29 is 41.0 Å². The van der Waals surface area contributed by atoms with Crippen LogP contribution in [-0.2, 0) is 19.1 Å². The third-order valence-corrected chi connectivity index (χ3v) is 4.44. The van der Waals surface area contributed by atoms with Gasteiger partial charge in [0.25, 0.3) is 0 Å². The van der Waals surface area contributed by atoms with E-state index in [9.17, 15) is 31.5 Å². The summed E-state index contributed by atoms with van der Waals surface area (Å²) in [5.74, 6) is -11.4. The van der Waals surface area contributed by atoms with Gasteiger partial charge in [0.15, 0.2) is 23.3 Å². The predicted octanol–water partition coefficient (Wildman–Crippen LogP) is 6.06. The number of carbonyl (C=O) groups is 2. The van der Waals surface area contributed by atoms with Gasteiger partial charge in [-0.3, -0.25) is 9.59 Å². The molecule has 9 heteroatoms. The van der Waals surface area contributed by atoms with Crippen LogP contribution in [0.2, 0.25) is 0 Å². The van der Waals surface area contributed by atoms with Crippen molar-refractivity contribution in [1.29, 1.82) is 0 Å². The van der Waals surface area contributed by atoms with E-state index in [0.29, 0.717) is 25.9 Å². The third kappa shape index (κ3) is 7.91. The minimum absolute atomic E-state index is 0.0386. The molecule has 0 bridgehead atoms. The highest BCUT2D eigenvalue weighted by Gasteiger charge is 2.30. The molecule has 1 aromatic rings. The average Bonchev–Trinajstić information content (AvgIpc) is 2.71. The molecule has 0 aromatic heterocycles. The number of unbranched alkanes of at least 4 members (excludes halogenated alkanes) is 5. The summed E-state index contributed by atoms with van der Waals surface area (Å²) < 4.78 is 76.8. The zero-order valence-electron chi connectivity index (χ0n) is 17.2. The van der Waals surface area contributed by atoms with E-state index < -0.39 is 46.7 Å². The molecule has 4 nitrogen and oxygen atoms in total. The topological polar surface area (TPSA) is 52.6 Å². The lowest BCUT2D eigenvalue weighted by Gasteiger charge is -2.16.